The van der Waals surface area contributed by atoms with Gasteiger partial charge >= 0.3 is 0 Å². The molecule has 0 bridgehead atoms. The highest BCUT2D eigenvalue weighted by molar-refractivity contribution is 5.02. The fourth-order valence-electron chi connectivity index (χ4n) is 2.82. The van der Waals surface area contributed by atoms with Crippen molar-refractivity contribution in [2.24, 2.45) is 0 Å². The van der Waals surface area contributed by atoms with Gasteiger partial charge in [0.2, 0.25) is 0 Å². The van der Waals surface area contributed by atoms with Crippen molar-refractivity contribution in [1.82, 2.24) is 15.1 Å². The first kappa shape index (κ1) is 13.6. The Balaban J connectivity index is 1.94. The van der Waals surface area contributed by atoms with Gasteiger partial charge in [0.25, 0.3) is 0 Å². The zero-order valence-corrected chi connectivity index (χ0v) is 11.4. The minimum absolute atomic E-state index is 0.0560. The lowest BCUT2D eigenvalue weighted by molar-refractivity contribution is 0.118. The van der Waals surface area contributed by atoms with Gasteiger partial charge in [-0.2, -0.15) is 5.10 Å². The lowest BCUT2D eigenvalue weighted by atomic mass is 9.82. The molecule has 1 aromatic rings. The van der Waals surface area contributed by atoms with Crippen LogP contribution >= 0.6 is 0 Å². The highest BCUT2D eigenvalue weighted by Gasteiger charge is 2.30. The van der Waals surface area contributed by atoms with Gasteiger partial charge in [0.05, 0.1) is 12.3 Å². The molecule has 0 unspecified atom stereocenters. The van der Waals surface area contributed by atoms with Crippen LogP contribution in [0.15, 0.2) is 12.3 Å². The summed E-state index contributed by atoms with van der Waals surface area (Å²) < 4.78 is 2.06. The van der Waals surface area contributed by atoms with Crippen molar-refractivity contribution in [3.8, 4) is 0 Å². The van der Waals surface area contributed by atoms with E-state index >= 15 is 0 Å². The quantitative estimate of drug-likeness (QED) is 0.814. The van der Waals surface area contributed by atoms with Gasteiger partial charge in [0.1, 0.15) is 0 Å². The van der Waals surface area contributed by atoms with E-state index in [-0.39, 0.29) is 12.1 Å². The van der Waals surface area contributed by atoms with Gasteiger partial charge in [-0.1, -0.05) is 26.2 Å². The van der Waals surface area contributed by atoms with Crippen molar-refractivity contribution >= 4 is 0 Å². The number of aromatic nitrogens is 2. The molecule has 0 saturated heterocycles. The van der Waals surface area contributed by atoms with Crippen molar-refractivity contribution in [3.05, 3.63) is 18.0 Å². The average molecular weight is 251 g/mol. The fraction of sp³-hybridized carbons (Fsp3) is 0.786. The van der Waals surface area contributed by atoms with Crippen LogP contribution in [0, 0.1) is 0 Å². The van der Waals surface area contributed by atoms with E-state index in [4.69, 9.17) is 0 Å². The molecule has 1 saturated carbocycles. The minimum Gasteiger partial charge on any atom is -0.394 e. The summed E-state index contributed by atoms with van der Waals surface area (Å²) in [6.45, 7) is 4.18. The molecule has 0 spiro atoms. The summed E-state index contributed by atoms with van der Waals surface area (Å²) in [5, 5.41) is 17.6. The molecule has 1 heterocycles. The Morgan fingerprint density at radius 2 is 2.17 bits per heavy atom. The maximum Gasteiger partial charge on any atom is 0.0613 e. The predicted octanol–water partition coefficient (Wildman–Crippen LogP) is 2.08. The predicted molar refractivity (Wildman–Crippen MR) is 72.3 cm³/mol. The van der Waals surface area contributed by atoms with E-state index in [0.29, 0.717) is 0 Å². The number of nitrogens with zero attached hydrogens (tertiary/aromatic N) is 2. The molecule has 0 aromatic carbocycles. The molecule has 2 N–H and O–H groups in total. The van der Waals surface area contributed by atoms with Gasteiger partial charge in [-0.15, -0.1) is 0 Å². The van der Waals surface area contributed by atoms with E-state index < -0.39 is 0 Å². The summed E-state index contributed by atoms with van der Waals surface area (Å²) in [4.78, 5) is 0. The van der Waals surface area contributed by atoms with Crippen LogP contribution in [0.4, 0.5) is 0 Å². The van der Waals surface area contributed by atoms with Crippen molar-refractivity contribution in [2.45, 2.75) is 64.1 Å². The number of nitrogens with one attached hydrogen (secondary N) is 1. The molecule has 1 fully saturated rings. The summed E-state index contributed by atoms with van der Waals surface area (Å²) in [7, 11) is 0. The first-order chi connectivity index (χ1) is 8.79. The Morgan fingerprint density at radius 3 is 2.83 bits per heavy atom. The molecule has 1 aliphatic rings. The van der Waals surface area contributed by atoms with Gasteiger partial charge < -0.3 is 10.4 Å². The minimum atomic E-state index is -0.0560. The van der Waals surface area contributed by atoms with Crippen LogP contribution < -0.4 is 5.32 Å². The van der Waals surface area contributed by atoms with Crippen LogP contribution in [0.25, 0.3) is 0 Å². The van der Waals surface area contributed by atoms with Crippen molar-refractivity contribution in [2.75, 3.05) is 6.61 Å². The number of rotatable bonds is 6. The normalized spacial score (nSPS) is 19.0. The van der Waals surface area contributed by atoms with Crippen LogP contribution in [0.1, 0.15) is 51.1 Å². The van der Waals surface area contributed by atoms with Gasteiger partial charge in [0.15, 0.2) is 0 Å². The molecule has 0 amide bonds. The highest BCUT2D eigenvalue weighted by atomic mass is 16.3. The third-order valence-electron chi connectivity index (χ3n) is 4.00. The van der Waals surface area contributed by atoms with Crippen LogP contribution in [-0.4, -0.2) is 27.0 Å². The molecule has 0 atom stereocenters. The van der Waals surface area contributed by atoms with Crippen LogP contribution in [0.3, 0.4) is 0 Å². The SMILES string of the molecule is CCCn1nccc1CNC1(CO)CCCCC1. The Kier molecular flexibility index (Phi) is 4.78. The van der Waals surface area contributed by atoms with Crippen LogP contribution in [-0.2, 0) is 13.1 Å². The lowest BCUT2D eigenvalue weighted by Crippen LogP contribution is -2.49. The Morgan fingerprint density at radius 1 is 1.39 bits per heavy atom. The number of aryl methyl sites for hydroxylation is 1. The first-order valence-corrected chi connectivity index (χ1v) is 7.16. The maximum atomic E-state index is 9.66. The zero-order valence-electron chi connectivity index (χ0n) is 11.4. The summed E-state index contributed by atoms with van der Waals surface area (Å²) in [6.07, 6.45) is 8.89. The van der Waals surface area contributed by atoms with Gasteiger partial charge in [0, 0.05) is 24.8 Å². The van der Waals surface area contributed by atoms with E-state index in [1.807, 2.05) is 6.20 Å². The van der Waals surface area contributed by atoms with Gasteiger partial charge in [-0.3, -0.25) is 4.68 Å². The summed E-state index contributed by atoms with van der Waals surface area (Å²) in [6, 6.07) is 2.07. The molecule has 18 heavy (non-hydrogen) atoms. The monoisotopic (exact) mass is 251 g/mol. The molecule has 1 aliphatic carbocycles. The van der Waals surface area contributed by atoms with E-state index in [1.54, 1.807) is 0 Å². The van der Waals surface area contributed by atoms with E-state index in [0.717, 1.165) is 32.4 Å². The van der Waals surface area contributed by atoms with Crippen molar-refractivity contribution in [1.29, 1.82) is 0 Å². The number of aliphatic hydroxyl groups excluding tert-OH is 1. The molecule has 2 rings (SSSR count). The second kappa shape index (κ2) is 6.34. The second-order valence-corrected chi connectivity index (χ2v) is 5.40. The molecular formula is C14H25N3O. The topological polar surface area (TPSA) is 50.1 Å². The van der Waals surface area contributed by atoms with Crippen molar-refractivity contribution in [3.63, 3.8) is 0 Å². The number of hydrogen-bond acceptors (Lipinski definition) is 3. The Hall–Kier alpha value is -0.870. The van der Waals surface area contributed by atoms with Crippen LogP contribution in [0.5, 0.6) is 0 Å². The zero-order chi connectivity index (χ0) is 12.8. The number of aliphatic hydroxyl groups is 1. The second-order valence-electron chi connectivity index (χ2n) is 5.40. The Bertz CT molecular complexity index is 356. The Labute approximate surface area is 109 Å². The molecule has 4 heteroatoms. The van der Waals surface area contributed by atoms with E-state index in [9.17, 15) is 5.11 Å². The largest absolute Gasteiger partial charge is 0.394 e. The molecule has 1 aromatic heterocycles. The summed E-state index contributed by atoms with van der Waals surface area (Å²) in [5.74, 6) is 0. The maximum absolute atomic E-state index is 9.66. The molecule has 4 nitrogen and oxygen atoms in total. The first-order valence-electron chi connectivity index (χ1n) is 7.16. The smallest absolute Gasteiger partial charge is 0.0613 e. The molecule has 0 radical (unpaired) electrons. The van der Waals surface area contributed by atoms with Gasteiger partial charge in [-0.05, 0) is 25.3 Å². The van der Waals surface area contributed by atoms with Gasteiger partial charge in [-0.25, -0.2) is 0 Å². The summed E-state index contributed by atoms with van der Waals surface area (Å²) in [5.41, 5.74) is 1.16. The standard InChI is InChI=1S/C14H25N3O/c1-2-10-17-13(6-9-16-17)11-15-14(12-18)7-4-3-5-8-14/h6,9,15,18H,2-5,7-8,10-12H2,1H3. The third kappa shape index (κ3) is 3.12. The third-order valence-corrected chi connectivity index (χ3v) is 4.00. The fourth-order valence-corrected chi connectivity index (χ4v) is 2.82. The van der Waals surface area contributed by atoms with Crippen LogP contribution in [0.2, 0.25) is 0 Å². The van der Waals surface area contributed by atoms with E-state index in [1.165, 1.54) is 25.0 Å². The highest BCUT2D eigenvalue weighted by Crippen LogP contribution is 2.28. The van der Waals surface area contributed by atoms with Crippen molar-refractivity contribution < 1.29 is 5.11 Å². The molecular weight excluding hydrogens is 226 g/mol. The molecule has 102 valence electrons. The lowest BCUT2D eigenvalue weighted by Gasteiger charge is -2.36. The molecule has 0 aliphatic heterocycles. The number of hydrogen-bond donors (Lipinski definition) is 2. The average Bonchev–Trinajstić information content (AvgIpc) is 2.86. The van der Waals surface area contributed by atoms with E-state index in [2.05, 4.69) is 28.1 Å². The summed E-state index contributed by atoms with van der Waals surface area (Å²) >= 11 is 0.